The number of anilines is 1. The lowest BCUT2D eigenvalue weighted by Gasteiger charge is -2.12. The molecule has 5 heterocycles. The number of hydrogen-bond donors (Lipinski definition) is 3. The maximum absolute atomic E-state index is 15.4. The van der Waals surface area contributed by atoms with Gasteiger partial charge in [0, 0.05) is 18.2 Å². The molecular weight excluding hydrogens is 587 g/mol. The summed E-state index contributed by atoms with van der Waals surface area (Å²) in [5, 5.41) is 31.4. The van der Waals surface area contributed by atoms with Crippen molar-refractivity contribution in [2.24, 2.45) is 0 Å². The van der Waals surface area contributed by atoms with Crippen LogP contribution >= 0.6 is 34.0 Å². The molecule has 2 aliphatic rings. The highest BCUT2D eigenvalue weighted by Crippen LogP contribution is 2.44. The number of benzene rings is 1. The summed E-state index contributed by atoms with van der Waals surface area (Å²) in [6.07, 6.45) is -0.400. The highest BCUT2D eigenvalue weighted by molar-refractivity contribution is 7.38. The van der Waals surface area contributed by atoms with Crippen molar-refractivity contribution in [3.05, 3.63) is 47.6 Å². The number of nitrogens with one attached hydrogen (secondary N) is 1. The molecule has 2 unspecified atom stereocenters. The van der Waals surface area contributed by atoms with Gasteiger partial charge in [0.15, 0.2) is 21.7 Å². The molecule has 0 radical (unpaired) electrons. The zero-order chi connectivity index (χ0) is 28.1. The Kier molecular flexibility index (Phi) is 6.41. The van der Waals surface area contributed by atoms with Gasteiger partial charge in [0.2, 0.25) is 25.1 Å². The second-order valence-electron chi connectivity index (χ2n) is 8.54. The Labute approximate surface area is 234 Å². The van der Waals surface area contributed by atoms with Gasteiger partial charge in [-0.15, -0.1) is 22.7 Å². The zero-order valence-corrected chi connectivity index (χ0v) is 22.4. The molecule has 0 spiro atoms. The van der Waals surface area contributed by atoms with Crippen LogP contribution in [0.4, 0.5) is 10.1 Å². The molecule has 12 nitrogen and oxygen atoms in total. The van der Waals surface area contributed by atoms with Gasteiger partial charge in [-0.1, -0.05) is 11.3 Å². The van der Waals surface area contributed by atoms with Crippen LogP contribution in [0.1, 0.15) is 9.88 Å². The van der Waals surface area contributed by atoms with Gasteiger partial charge >= 0.3 is 11.9 Å². The molecule has 0 bridgehead atoms. The van der Waals surface area contributed by atoms with E-state index in [9.17, 15) is 29.9 Å². The van der Waals surface area contributed by atoms with E-state index in [4.69, 9.17) is 14.2 Å². The normalized spacial score (nSPS) is 16.9. The number of hydrogen-bond acceptors (Lipinski definition) is 11. The number of carboxylic acids is 2. The average Bonchev–Trinajstić information content (AvgIpc) is 3.70. The van der Waals surface area contributed by atoms with Gasteiger partial charge in [-0.05, 0) is 6.08 Å². The van der Waals surface area contributed by atoms with E-state index in [2.05, 4.69) is 5.32 Å². The predicted octanol–water partition coefficient (Wildman–Crippen LogP) is 1.02. The number of aromatic nitrogens is 2. The third kappa shape index (κ3) is 4.63. The highest BCUT2D eigenvalue weighted by atomic mass is 32.2. The Morgan fingerprint density at radius 1 is 1.20 bits per heavy atom. The molecule has 0 saturated heterocycles. The van der Waals surface area contributed by atoms with Crippen molar-refractivity contribution in [1.29, 1.82) is 5.26 Å². The summed E-state index contributed by atoms with van der Waals surface area (Å²) in [6.45, 7) is -1.03. The number of halogens is 1. The summed E-state index contributed by atoms with van der Waals surface area (Å²) in [4.78, 5) is 36.7. The molecule has 4 aromatic rings. The molecule has 0 amide bonds. The molecule has 3 aromatic heterocycles. The largest absolute Gasteiger partial charge is 0.480 e. The van der Waals surface area contributed by atoms with E-state index in [0.717, 1.165) is 22.0 Å². The summed E-state index contributed by atoms with van der Waals surface area (Å²) < 4.78 is 35.0. The highest BCUT2D eigenvalue weighted by Gasteiger charge is 2.32. The zero-order valence-electron chi connectivity index (χ0n) is 20.0. The molecule has 0 saturated carbocycles. The van der Waals surface area contributed by atoms with E-state index in [-0.39, 0.29) is 16.0 Å². The van der Waals surface area contributed by atoms with E-state index < -0.39 is 43.0 Å². The first-order valence-corrected chi connectivity index (χ1v) is 13.9. The molecule has 0 fully saturated rings. The molecule has 2 atom stereocenters. The van der Waals surface area contributed by atoms with Crippen LogP contribution < -0.4 is 38.8 Å². The number of ether oxygens (including phenoxy) is 3. The van der Waals surface area contributed by atoms with Gasteiger partial charge in [0.25, 0.3) is 10.6 Å². The van der Waals surface area contributed by atoms with E-state index >= 15 is 4.39 Å². The quantitative estimate of drug-likeness (QED) is 0.260. The van der Waals surface area contributed by atoms with E-state index in [1.807, 2.05) is 6.07 Å². The first kappa shape index (κ1) is 25.8. The summed E-state index contributed by atoms with van der Waals surface area (Å²) in [7, 11) is 0. The topological polar surface area (TPSA) is 164 Å². The van der Waals surface area contributed by atoms with Crippen LogP contribution in [0.3, 0.4) is 0 Å². The van der Waals surface area contributed by atoms with Crippen molar-refractivity contribution in [1.82, 2.24) is 4.57 Å². The smallest absolute Gasteiger partial charge is 0.370 e. The Morgan fingerprint density at radius 3 is 2.70 bits per heavy atom. The van der Waals surface area contributed by atoms with E-state index in [0.29, 0.717) is 42.4 Å². The van der Waals surface area contributed by atoms with Gasteiger partial charge in [0.05, 0.1) is 16.3 Å². The van der Waals surface area contributed by atoms with Crippen LogP contribution in [0.5, 0.6) is 17.2 Å². The molecule has 16 heteroatoms. The third-order valence-corrected chi connectivity index (χ3v) is 9.28. The molecule has 0 aliphatic carbocycles. The van der Waals surface area contributed by atoms with Crippen molar-refractivity contribution in [2.45, 2.75) is 25.5 Å². The van der Waals surface area contributed by atoms with Crippen LogP contribution in [-0.2, 0) is 22.7 Å². The fourth-order valence-electron chi connectivity index (χ4n) is 4.23. The monoisotopic (exact) mass is 603 g/mol. The Morgan fingerprint density at radius 2 is 1.98 bits per heavy atom. The number of alkyl halides is 1. The van der Waals surface area contributed by atoms with Crippen LogP contribution in [0.15, 0.2) is 23.0 Å². The number of aliphatic carboxylic acids is 2. The van der Waals surface area contributed by atoms with E-state index in [1.165, 1.54) is 33.3 Å². The van der Waals surface area contributed by atoms with Crippen molar-refractivity contribution < 1.29 is 43.0 Å². The molecule has 204 valence electrons. The molecular formula is C24H16FN4O8S3+. The lowest BCUT2D eigenvalue weighted by atomic mass is 10.2. The van der Waals surface area contributed by atoms with Gasteiger partial charge in [0.1, 0.15) is 27.9 Å². The molecule has 40 heavy (non-hydrogen) atoms. The molecule has 2 aliphatic heterocycles. The standard InChI is InChI=1S/C24H15FN4O8S3/c25-11(22-27-12-3-15-16(36-9-35-15)4-14(12)37-22)2-17-23(34)29(8-21(32)33)19(39-17)5-18-28(7-20(30)31)13-1-10(6-26)38-24(13)40-18/h1-5,11,22,27H,7-9H2,(H-,30,31,32,33)/p+1/b17-2+. The summed E-state index contributed by atoms with van der Waals surface area (Å²) in [5.74, 6) is -1.10. The van der Waals surface area contributed by atoms with Gasteiger partial charge in [-0.3, -0.25) is 14.2 Å². The first-order chi connectivity index (χ1) is 19.2. The number of rotatable bonds is 7. The maximum atomic E-state index is 15.4. The van der Waals surface area contributed by atoms with Crippen LogP contribution in [0, 0.1) is 11.3 Å². The minimum absolute atomic E-state index is 0.0505. The number of nitrogens with zero attached hydrogens (tertiary/aromatic N) is 3. The first-order valence-electron chi connectivity index (χ1n) is 11.4. The van der Waals surface area contributed by atoms with Crippen molar-refractivity contribution in [2.75, 3.05) is 12.1 Å². The van der Waals surface area contributed by atoms with Gasteiger partial charge in [-0.2, -0.15) is 9.83 Å². The molecule has 6 rings (SSSR count). The number of thiophene rings is 1. The Bertz CT molecular complexity index is 1900. The number of thiazole rings is 2. The van der Waals surface area contributed by atoms with Gasteiger partial charge < -0.3 is 29.7 Å². The number of carboxylic acid groups (broad SMARTS) is 2. The Hall–Kier alpha value is -4.46. The number of nitriles is 1. The van der Waals surface area contributed by atoms with Crippen molar-refractivity contribution in [3.8, 4) is 23.3 Å². The van der Waals surface area contributed by atoms with Crippen LogP contribution in [0.2, 0.25) is 0 Å². The number of fused-ring (bicyclic) bond motifs is 3. The minimum Gasteiger partial charge on any atom is -0.480 e. The van der Waals surface area contributed by atoms with Crippen molar-refractivity contribution >= 4 is 73.3 Å². The average molecular weight is 604 g/mol. The van der Waals surface area contributed by atoms with Crippen LogP contribution in [0.25, 0.3) is 21.7 Å². The predicted molar refractivity (Wildman–Crippen MR) is 141 cm³/mol. The molecule has 3 N–H and O–H groups in total. The lowest BCUT2D eigenvalue weighted by Crippen LogP contribution is -2.40. The van der Waals surface area contributed by atoms with E-state index in [1.54, 1.807) is 18.2 Å². The summed E-state index contributed by atoms with van der Waals surface area (Å²) in [5.41, 5.74) is 0.312. The number of carbonyl (C=O) groups is 2. The fraction of sp³-hybridized carbons (Fsp3) is 0.208. The summed E-state index contributed by atoms with van der Waals surface area (Å²) in [6, 6.07) is 6.80. The van der Waals surface area contributed by atoms with Crippen LogP contribution in [-0.4, -0.2) is 45.9 Å². The van der Waals surface area contributed by atoms with Gasteiger partial charge in [-0.25, -0.2) is 9.18 Å². The maximum Gasteiger partial charge on any atom is 0.370 e. The van der Waals surface area contributed by atoms with Crippen molar-refractivity contribution in [3.63, 3.8) is 0 Å². The molecule has 1 aromatic carbocycles. The third-order valence-electron chi connectivity index (χ3n) is 5.94. The Balaban J connectivity index is 1.39. The summed E-state index contributed by atoms with van der Waals surface area (Å²) >= 11 is 3.25. The lowest BCUT2D eigenvalue weighted by molar-refractivity contribution is -0.657. The minimum atomic E-state index is -1.80. The second-order valence-corrected chi connectivity index (χ2v) is 11.9. The SMILES string of the molecule is N#Cc1cc2c(s1)sc(/C=c1/s/c(=C/C(F)C3Nc4cc5c(cc4O3)OCO5)c(=O)n1CC(=O)O)[n+]2CC(=O)O. The second kappa shape index (κ2) is 9.93. The fourth-order valence-corrected chi connectivity index (χ4v) is 7.65.